The average Bonchev–Trinajstić information content (AvgIpc) is 2.44. The molecule has 0 aliphatic carbocycles. The van der Waals surface area contributed by atoms with Gasteiger partial charge in [-0.25, -0.2) is 13.1 Å². The Morgan fingerprint density at radius 3 is 2.61 bits per heavy atom. The topological polar surface area (TPSA) is 71.1 Å². The van der Waals surface area contributed by atoms with Crippen molar-refractivity contribution in [2.45, 2.75) is 38.6 Å². The van der Waals surface area contributed by atoms with E-state index >= 15 is 0 Å². The van der Waals surface area contributed by atoms with Crippen LogP contribution in [0.1, 0.15) is 27.7 Å². The van der Waals surface area contributed by atoms with Gasteiger partial charge in [-0.3, -0.25) is 4.98 Å². The van der Waals surface area contributed by atoms with Gasteiger partial charge in [-0.05, 0) is 35.9 Å². The van der Waals surface area contributed by atoms with Crippen molar-refractivity contribution in [1.82, 2.24) is 15.0 Å². The van der Waals surface area contributed by atoms with E-state index in [9.17, 15) is 8.42 Å². The summed E-state index contributed by atoms with van der Waals surface area (Å²) in [5.41, 5.74) is 0.172. The van der Waals surface area contributed by atoms with E-state index in [1.165, 1.54) is 0 Å². The Morgan fingerprint density at radius 2 is 1.91 bits per heavy atom. The Hall–Kier alpha value is -1.50. The molecule has 0 radical (unpaired) electrons. The quantitative estimate of drug-likeness (QED) is 0.851. The Morgan fingerprint density at radius 1 is 1.17 bits per heavy atom. The smallest absolute Gasteiger partial charge is 0.240 e. The van der Waals surface area contributed by atoms with Crippen LogP contribution in [-0.2, 0) is 10.0 Å². The van der Waals surface area contributed by atoms with Crippen LogP contribution in [0.15, 0.2) is 41.6 Å². The lowest BCUT2D eigenvalue weighted by Crippen LogP contribution is -2.41. The monoisotopic (exact) mass is 335 g/mol. The molecule has 126 valence electrons. The lowest BCUT2D eigenvalue weighted by molar-refractivity contribution is 0.372. The molecule has 6 heteroatoms. The maximum Gasteiger partial charge on any atom is 0.240 e. The van der Waals surface area contributed by atoms with Gasteiger partial charge < -0.3 is 5.32 Å². The number of aromatic nitrogens is 1. The number of rotatable bonds is 6. The minimum atomic E-state index is -3.53. The molecule has 5 nitrogen and oxygen atoms in total. The molecular formula is C17H25N3O2S. The molecule has 2 aromatic rings. The summed E-state index contributed by atoms with van der Waals surface area (Å²) in [6, 6.07) is 6.69. The zero-order chi connectivity index (χ0) is 17.1. The maximum absolute atomic E-state index is 12.5. The lowest BCUT2D eigenvalue weighted by atomic mass is 9.97. The van der Waals surface area contributed by atoms with Gasteiger partial charge in [0.1, 0.15) is 0 Å². The van der Waals surface area contributed by atoms with Crippen molar-refractivity contribution in [3.63, 3.8) is 0 Å². The molecule has 0 bridgehead atoms. The van der Waals surface area contributed by atoms with Gasteiger partial charge in [-0.15, -0.1) is 0 Å². The van der Waals surface area contributed by atoms with Crippen LogP contribution in [0.3, 0.4) is 0 Å². The van der Waals surface area contributed by atoms with Crippen molar-refractivity contribution in [3.8, 4) is 0 Å². The fourth-order valence-corrected chi connectivity index (χ4v) is 3.55. The molecule has 0 saturated heterocycles. The number of nitrogens with one attached hydrogen (secondary N) is 2. The summed E-state index contributed by atoms with van der Waals surface area (Å²) in [6.07, 6.45) is 3.38. The van der Waals surface area contributed by atoms with Crippen LogP contribution >= 0.6 is 0 Å². The van der Waals surface area contributed by atoms with Gasteiger partial charge in [0.05, 0.1) is 4.90 Å². The highest BCUT2D eigenvalue weighted by Crippen LogP contribution is 2.18. The van der Waals surface area contributed by atoms with Crippen molar-refractivity contribution in [1.29, 1.82) is 0 Å². The molecule has 0 spiro atoms. The molecule has 1 aromatic heterocycles. The van der Waals surface area contributed by atoms with Crippen molar-refractivity contribution in [3.05, 3.63) is 36.7 Å². The summed E-state index contributed by atoms with van der Waals surface area (Å²) in [5.74, 6) is 0. The number of benzene rings is 1. The van der Waals surface area contributed by atoms with E-state index in [1.807, 2.05) is 13.0 Å². The molecule has 1 heterocycles. The number of nitrogens with zero attached hydrogens (tertiary/aromatic N) is 1. The van der Waals surface area contributed by atoms with Gasteiger partial charge in [0.15, 0.2) is 0 Å². The first-order valence-corrected chi connectivity index (χ1v) is 9.22. The Kier molecular flexibility index (Phi) is 5.39. The Bertz CT molecular complexity index is 767. The van der Waals surface area contributed by atoms with Gasteiger partial charge in [0, 0.05) is 36.9 Å². The third-order valence-electron chi connectivity index (χ3n) is 3.38. The van der Waals surface area contributed by atoms with Crippen LogP contribution in [0, 0.1) is 5.41 Å². The molecular weight excluding hydrogens is 310 g/mol. The minimum Gasteiger partial charge on any atom is -0.315 e. The van der Waals surface area contributed by atoms with Crippen LogP contribution in [0.2, 0.25) is 0 Å². The summed E-state index contributed by atoms with van der Waals surface area (Å²) in [7, 11) is -3.53. The van der Waals surface area contributed by atoms with Crippen molar-refractivity contribution in [2.24, 2.45) is 5.41 Å². The van der Waals surface area contributed by atoms with Crippen molar-refractivity contribution in [2.75, 3.05) is 13.1 Å². The zero-order valence-electron chi connectivity index (χ0n) is 14.1. The fraction of sp³-hybridized carbons (Fsp3) is 0.471. The van der Waals surface area contributed by atoms with Gasteiger partial charge in [0.2, 0.25) is 10.0 Å². The van der Waals surface area contributed by atoms with E-state index in [0.717, 1.165) is 17.3 Å². The predicted octanol–water partition coefficient (Wildman–Crippen LogP) is 2.54. The summed E-state index contributed by atoms with van der Waals surface area (Å²) in [4.78, 5) is 4.31. The molecule has 0 aliphatic heterocycles. The predicted molar refractivity (Wildman–Crippen MR) is 93.9 cm³/mol. The second-order valence-electron chi connectivity index (χ2n) is 7.10. The zero-order valence-corrected chi connectivity index (χ0v) is 14.9. The summed E-state index contributed by atoms with van der Waals surface area (Å²) in [5, 5.41) is 5.08. The second-order valence-corrected chi connectivity index (χ2v) is 8.81. The van der Waals surface area contributed by atoms with E-state index in [2.05, 4.69) is 35.8 Å². The SMILES string of the molecule is C[C@H](CNCC(C)(C)C)NS(=O)(=O)c1ccc2cnccc2c1. The highest BCUT2D eigenvalue weighted by atomic mass is 32.2. The van der Waals surface area contributed by atoms with Gasteiger partial charge in [-0.2, -0.15) is 0 Å². The standard InChI is InChI=1S/C17H25N3O2S/c1-13(10-19-12-17(2,3)4)20-23(21,22)16-6-5-15-11-18-8-7-14(15)9-16/h5-9,11,13,19-20H,10,12H2,1-4H3/t13-/m1/s1. The van der Waals surface area contributed by atoms with E-state index in [4.69, 9.17) is 0 Å². The fourth-order valence-electron chi connectivity index (χ4n) is 2.27. The van der Waals surface area contributed by atoms with Crippen LogP contribution in [-0.4, -0.2) is 32.5 Å². The number of fused-ring (bicyclic) bond motifs is 1. The van der Waals surface area contributed by atoms with Gasteiger partial charge >= 0.3 is 0 Å². The summed E-state index contributed by atoms with van der Waals surface area (Å²) >= 11 is 0. The van der Waals surface area contributed by atoms with Crippen LogP contribution in [0.5, 0.6) is 0 Å². The normalized spacial score (nSPS) is 14.1. The molecule has 0 unspecified atom stereocenters. The third-order valence-corrected chi connectivity index (χ3v) is 4.97. The molecule has 0 fully saturated rings. The highest BCUT2D eigenvalue weighted by molar-refractivity contribution is 7.89. The van der Waals surface area contributed by atoms with Gasteiger partial charge in [0.25, 0.3) is 0 Å². The highest BCUT2D eigenvalue weighted by Gasteiger charge is 2.18. The largest absolute Gasteiger partial charge is 0.315 e. The molecule has 0 amide bonds. The molecule has 2 rings (SSSR count). The van der Waals surface area contributed by atoms with Gasteiger partial charge in [-0.1, -0.05) is 26.8 Å². The van der Waals surface area contributed by atoms with E-state index in [-0.39, 0.29) is 16.4 Å². The molecule has 23 heavy (non-hydrogen) atoms. The molecule has 1 aromatic carbocycles. The summed E-state index contributed by atoms with van der Waals surface area (Å²) in [6.45, 7) is 9.70. The number of hydrogen-bond donors (Lipinski definition) is 2. The number of pyridine rings is 1. The van der Waals surface area contributed by atoms with Crippen LogP contribution < -0.4 is 10.0 Å². The van der Waals surface area contributed by atoms with E-state index in [0.29, 0.717) is 6.54 Å². The molecule has 0 aliphatic rings. The lowest BCUT2D eigenvalue weighted by Gasteiger charge is -2.21. The number of sulfonamides is 1. The average molecular weight is 335 g/mol. The molecule has 0 saturated carbocycles. The summed E-state index contributed by atoms with van der Waals surface area (Å²) < 4.78 is 27.7. The Balaban J connectivity index is 2.05. The van der Waals surface area contributed by atoms with Crippen molar-refractivity contribution < 1.29 is 8.42 Å². The molecule has 1 atom stereocenters. The van der Waals surface area contributed by atoms with Crippen LogP contribution in [0.25, 0.3) is 10.8 Å². The first-order chi connectivity index (χ1) is 10.7. The van der Waals surface area contributed by atoms with E-state index < -0.39 is 10.0 Å². The second kappa shape index (κ2) is 6.95. The number of hydrogen-bond acceptors (Lipinski definition) is 4. The third kappa shape index (κ3) is 5.27. The first-order valence-electron chi connectivity index (χ1n) is 7.74. The van der Waals surface area contributed by atoms with Crippen molar-refractivity contribution >= 4 is 20.8 Å². The maximum atomic E-state index is 12.5. The Labute approximate surface area is 138 Å². The van der Waals surface area contributed by atoms with E-state index in [1.54, 1.807) is 30.6 Å². The first kappa shape index (κ1) is 17.8. The van der Waals surface area contributed by atoms with Crippen LogP contribution in [0.4, 0.5) is 0 Å². The minimum absolute atomic E-state index is 0.172. The molecule has 2 N–H and O–H groups in total.